The zero-order valence-corrected chi connectivity index (χ0v) is 10.9. The van der Waals surface area contributed by atoms with Crippen molar-refractivity contribution in [2.24, 2.45) is 0 Å². The maximum absolute atomic E-state index is 11.2. The Hall–Kier alpha value is -1.31. The quantitative estimate of drug-likeness (QED) is 0.724. The van der Waals surface area contributed by atoms with Gasteiger partial charge in [-0.1, -0.05) is 0 Å². The van der Waals surface area contributed by atoms with E-state index in [0.29, 0.717) is 12.1 Å². The Labute approximate surface area is 104 Å². The molecule has 0 aliphatic carbocycles. The van der Waals surface area contributed by atoms with Crippen LogP contribution in [0.2, 0.25) is 0 Å². The molecule has 0 aromatic heterocycles. The number of rotatable bonds is 2. The van der Waals surface area contributed by atoms with Gasteiger partial charge in [-0.15, -0.1) is 0 Å². The molecule has 1 aromatic carbocycles. The zero-order chi connectivity index (χ0) is 12.4. The molecule has 1 heterocycles. The highest BCUT2D eigenvalue weighted by molar-refractivity contribution is 5.94. The predicted octanol–water partition coefficient (Wildman–Crippen LogP) is 3.66. The molecule has 0 spiro atoms. The summed E-state index contributed by atoms with van der Waals surface area (Å²) in [6, 6.07) is 9.23. The molecule has 0 amide bonds. The van der Waals surface area contributed by atoms with Crippen LogP contribution >= 0.6 is 0 Å². The highest BCUT2D eigenvalue weighted by atomic mass is 16.1. The lowest BCUT2D eigenvalue weighted by Crippen LogP contribution is -2.43. The van der Waals surface area contributed by atoms with E-state index in [9.17, 15) is 4.79 Å². The van der Waals surface area contributed by atoms with Crippen molar-refractivity contribution in [3.63, 3.8) is 0 Å². The minimum absolute atomic E-state index is 0.135. The van der Waals surface area contributed by atoms with E-state index in [1.807, 2.05) is 12.1 Å². The van der Waals surface area contributed by atoms with E-state index in [2.05, 4.69) is 30.9 Å². The molecule has 1 fully saturated rings. The molecule has 0 bridgehead atoms. The molecule has 0 saturated carbocycles. The maximum atomic E-state index is 11.2. The summed E-state index contributed by atoms with van der Waals surface area (Å²) in [6.07, 6.45) is 3.85. The Morgan fingerprint density at radius 3 is 2.12 bits per heavy atom. The van der Waals surface area contributed by atoms with E-state index in [1.54, 1.807) is 6.92 Å². The molecule has 1 aliphatic rings. The van der Waals surface area contributed by atoms with Gasteiger partial charge in [-0.25, -0.2) is 0 Å². The highest BCUT2D eigenvalue weighted by Crippen LogP contribution is 2.29. The summed E-state index contributed by atoms with van der Waals surface area (Å²) in [5, 5.41) is 0. The summed E-state index contributed by atoms with van der Waals surface area (Å²) in [4.78, 5) is 13.7. The molecule has 2 heteroatoms. The van der Waals surface area contributed by atoms with Gasteiger partial charge >= 0.3 is 0 Å². The largest absolute Gasteiger partial charge is 0.366 e. The molecule has 0 radical (unpaired) electrons. The van der Waals surface area contributed by atoms with Crippen LogP contribution in [0.4, 0.5) is 5.69 Å². The highest BCUT2D eigenvalue weighted by Gasteiger charge is 2.24. The lowest BCUT2D eigenvalue weighted by molar-refractivity contribution is 0.101. The monoisotopic (exact) mass is 231 g/mol. The van der Waals surface area contributed by atoms with Crippen molar-refractivity contribution in [1.82, 2.24) is 0 Å². The second kappa shape index (κ2) is 4.91. The number of piperidine rings is 1. The molecule has 1 aliphatic heterocycles. The molecular formula is C15H21NO. The maximum Gasteiger partial charge on any atom is 0.159 e. The minimum Gasteiger partial charge on any atom is -0.366 e. The molecule has 2 nitrogen and oxygen atoms in total. The predicted molar refractivity (Wildman–Crippen MR) is 71.7 cm³/mol. The summed E-state index contributed by atoms with van der Waals surface area (Å²) in [6.45, 7) is 6.18. The first-order chi connectivity index (χ1) is 8.09. The van der Waals surface area contributed by atoms with Crippen LogP contribution in [0.5, 0.6) is 0 Å². The molecule has 2 rings (SSSR count). The van der Waals surface area contributed by atoms with Crippen LogP contribution in [0.3, 0.4) is 0 Å². The van der Waals surface area contributed by atoms with Gasteiger partial charge in [0.25, 0.3) is 0 Å². The van der Waals surface area contributed by atoms with Crippen LogP contribution < -0.4 is 4.90 Å². The fourth-order valence-electron chi connectivity index (χ4n) is 2.80. The fourth-order valence-corrected chi connectivity index (χ4v) is 2.80. The summed E-state index contributed by atoms with van der Waals surface area (Å²) < 4.78 is 0. The lowest BCUT2D eigenvalue weighted by atomic mass is 9.96. The number of hydrogen-bond donors (Lipinski definition) is 0. The molecule has 0 N–H and O–H groups in total. The Bertz CT molecular complexity index is 386. The van der Waals surface area contributed by atoms with Crippen LogP contribution in [0, 0.1) is 0 Å². The van der Waals surface area contributed by atoms with Gasteiger partial charge in [0.05, 0.1) is 0 Å². The number of ketones is 1. The molecule has 1 saturated heterocycles. The Morgan fingerprint density at radius 1 is 1.12 bits per heavy atom. The van der Waals surface area contributed by atoms with Gasteiger partial charge in [-0.3, -0.25) is 4.79 Å². The van der Waals surface area contributed by atoms with Crippen LogP contribution in [0.15, 0.2) is 24.3 Å². The number of carbonyl (C=O) groups is 1. The van der Waals surface area contributed by atoms with E-state index >= 15 is 0 Å². The van der Waals surface area contributed by atoms with E-state index in [4.69, 9.17) is 0 Å². The average molecular weight is 231 g/mol. The average Bonchev–Trinajstić information content (AvgIpc) is 2.29. The number of hydrogen-bond acceptors (Lipinski definition) is 2. The van der Waals surface area contributed by atoms with Crippen molar-refractivity contribution in [2.75, 3.05) is 4.90 Å². The van der Waals surface area contributed by atoms with E-state index in [0.717, 1.165) is 5.56 Å². The van der Waals surface area contributed by atoms with Gasteiger partial charge in [-0.05, 0) is 64.3 Å². The van der Waals surface area contributed by atoms with Crippen molar-refractivity contribution in [2.45, 2.75) is 52.1 Å². The van der Waals surface area contributed by atoms with Crippen molar-refractivity contribution < 1.29 is 4.79 Å². The number of anilines is 1. The summed E-state index contributed by atoms with van der Waals surface area (Å²) in [7, 11) is 0. The van der Waals surface area contributed by atoms with E-state index < -0.39 is 0 Å². The summed E-state index contributed by atoms with van der Waals surface area (Å²) in [5.74, 6) is 0.135. The van der Waals surface area contributed by atoms with Gasteiger partial charge in [0.15, 0.2) is 5.78 Å². The molecule has 17 heavy (non-hydrogen) atoms. The van der Waals surface area contributed by atoms with Gasteiger partial charge in [0, 0.05) is 23.3 Å². The number of benzene rings is 1. The van der Waals surface area contributed by atoms with Gasteiger partial charge < -0.3 is 4.90 Å². The van der Waals surface area contributed by atoms with Gasteiger partial charge in [0.1, 0.15) is 0 Å². The van der Waals surface area contributed by atoms with E-state index in [-0.39, 0.29) is 5.78 Å². The number of nitrogens with zero attached hydrogens (tertiary/aromatic N) is 1. The van der Waals surface area contributed by atoms with Crippen LogP contribution in [-0.4, -0.2) is 17.9 Å². The first-order valence-electron chi connectivity index (χ1n) is 6.49. The third-order valence-electron chi connectivity index (χ3n) is 3.77. The number of Topliss-reactive ketones (excluding diaryl/α,β-unsaturated/α-hetero) is 1. The van der Waals surface area contributed by atoms with E-state index in [1.165, 1.54) is 24.9 Å². The van der Waals surface area contributed by atoms with Crippen molar-refractivity contribution >= 4 is 11.5 Å². The van der Waals surface area contributed by atoms with Gasteiger partial charge in [0.2, 0.25) is 0 Å². The standard InChI is InChI=1S/C15H21NO/c1-11-5-4-6-12(2)16(11)15-9-7-14(8-10-15)13(3)17/h7-12H,4-6H2,1-3H3. The molecule has 2 unspecified atom stereocenters. The normalized spacial score (nSPS) is 24.8. The Kier molecular flexibility index (Phi) is 3.51. The number of carbonyl (C=O) groups excluding carboxylic acids is 1. The topological polar surface area (TPSA) is 20.3 Å². The molecule has 92 valence electrons. The second-order valence-electron chi connectivity index (χ2n) is 5.14. The van der Waals surface area contributed by atoms with Gasteiger partial charge in [-0.2, -0.15) is 0 Å². The van der Waals surface area contributed by atoms with Crippen LogP contribution in [0.1, 0.15) is 50.4 Å². The zero-order valence-electron chi connectivity index (χ0n) is 10.9. The second-order valence-corrected chi connectivity index (χ2v) is 5.14. The smallest absolute Gasteiger partial charge is 0.159 e. The summed E-state index contributed by atoms with van der Waals surface area (Å²) in [5.41, 5.74) is 2.04. The van der Waals surface area contributed by atoms with Crippen molar-refractivity contribution in [3.05, 3.63) is 29.8 Å². The Balaban J connectivity index is 2.23. The molecule has 1 aromatic rings. The summed E-state index contributed by atoms with van der Waals surface area (Å²) >= 11 is 0. The van der Waals surface area contributed by atoms with Crippen LogP contribution in [-0.2, 0) is 0 Å². The van der Waals surface area contributed by atoms with Crippen LogP contribution in [0.25, 0.3) is 0 Å². The molecule has 2 atom stereocenters. The minimum atomic E-state index is 0.135. The third kappa shape index (κ3) is 2.51. The first kappa shape index (κ1) is 12.2. The Morgan fingerprint density at radius 2 is 1.65 bits per heavy atom. The first-order valence-corrected chi connectivity index (χ1v) is 6.49. The SMILES string of the molecule is CC(=O)c1ccc(N2C(C)CCCC2C)cc1. The fraction of sp³-hybridized carbons (Fsp3) is 0.533. The third-order valence-corrected chi connectivity index (χ3v) is 3.77. The van der Waals surface area contributed by atoms with Crippen molar-refractivity contribution in [3.8, 4) is 0 Å². The lowest BCUT2D eigenvalue weighted by Gasteiger charge is -2.41. The molecular weight excluding hydrogens is 210 g/mol. The van der Waals surface area contributed by atoms with Crippen molar-refractivity contribution in [1.29, 1.82) is 0 Å².